The number of benzene rings is 4. The molecule has 5 aromatic rings. The fourth-order valence-electron chi connectivity index (χ4n) is 5.83. The number of halogens is 1. The average Bonchev–Trinajstić information content (AvgIpc) is 3.06. The number of unbranched alkanes of at least 4 members (excludes halogenated alkanes) is 1. The maximum absolute atomic E-state index is 13.5. The summed E-state index contributed by atoms with van der Waals surface area (Å²) in [7, 11) is 0. The average molecular weight is 620 g/mol. The number of aromatic nitrogens is 2. The van der Waals surface area contributed by atoms with Gasteiger partial charge in [-0.25, -0.2) is 9.97 Å². The van der Waals surface area contributed by atoms with Crippen LogP contribution >= 0.6 is 11.6 Å². The molecule has 1 amide bonds. The van der Waals surface area contributed by atoms with Crippen molar-refractivity contribution < 1.29 is 19.4 Å². The Morgan fingerprint density at radius 3 is 2.53 bits per heavy atom. The summed E-state index contributed by atoms with van der Waals surface area (Å²) in [6, 6.07) is 29.0. The zero-order valence-electron chi connectivity index (χ0n) is 24.8. The van der Waals surface area contributed by atoms with Crippen molar-refractivity contribution in [3.05, 3.63) is 124 Å². The monoisotopic (exact) mass is 619 g/mol. The molecule has 1 unspecified atom stereocenters. The van der Waals surface area contributed by atoms with Crippen molar-refractivity contribution >= 4 is 34.5 Å². The topological polar surface area (TPSA) is 101 Å². The third kappa shape index (κ3) is 7.49. The summed E-state index contributed by atoms with van der Waals surface area (Å²) >= 11 is 6.12. The molecule has 1 aromatic heterocycles. The first-order valence-electron chi connectivity index (χ1n) is 15.3. The smallest absolute Gasteiger partial charge is 0.303 e. The number of carbonyl (C=O) groups is 2. The van der Waals surface area contributed by atoms with Crippen LogP contribution in [0.25, 0.3) is 22.3 Å². The van der Waals surface area contributed by atoms with Crippen molar-refractivity contribution in [3.8, 4) is 17.0 Å². The van der Waals surface area contributed by atoms with Gasteiger partial charge in [0.15, 0.2) is 0 Å². The van der Waals surface area contributed by atoms with E-state index in [4.69, 9.17) is 31.4 Å². The molecule has 4 aromatic carbocycles. The predicted molar refractivity (Wildman–Crippen MR) is 176 cm³/mol. The molecule has 1 heterocycles. The molecule has 0 spiro atoms. The molecule has 6 rings (SSSR count). The number of carbonyl (C=O) groups excluding carboxylic acids is 1. The van der Waals surface area contributed by atoms with Crippen molar-refractivity contribution in [1.82, 2.24) is 15.3 Å². The van der Waals surface area contributed by atoms with Crippen LogP contribution in [-0.2, 0) is 24.2 Å². The summed E-state index contributed by atoms with van der Waals surface area (Å²) in [6.07, 6.45) is 4.66. The molecule has 0 saturated heterocycles. The number of aryl methyl sites for hydroxylation is 2. The first-order valence-corrected chi connectivity index (χ1v) is 15.7. The summed E-state index contributed by atoms with van der Waals surface area (Å²) in [4.78, 5) is 34.4. The summed E-state index contributed by atoms with van der Waals surface area (Å²) < 4.78 is 6.05. The van der Waals surface area contributed by atoms with Crippen molar-refractivity contribution in [2.24, 2.45) is 0 Å². The van der Waals surface area contributed by atoms with Crippen LogP contribution in [0.1, 0.15) is 70.9 Å². The molecule has 2 N–H and O–H groups in total. The zero-order valence-corrected chi connectivity index (χ0v) is 25.6. The Kier molecular flexibility index (Phi) is 9.36. The van der Waals surface area contributed by atoms with E-state index >= 15 is 0 Å². The predicted octanol–water partition coefficient (Wildman–Crippen LogP) is 8.13. The third-order valence-electron chi connectivity index (χ3n) is 8.15. The molecule has 1 aliphatic carbocycles. The van der Waals surface area contributed by atoms with Crippen LogP contribution in [0.5, 0.6) is 5.75 Å². The molecule has 7 nitrogen and oxygen atoms in total. The highest BCUT2D eigenvalue weighted by Gasteiger charge is 2.23. The number of amides is 1. The molecule has 8 heteroatoms. The van der Waals surface area contributed by atoms with Gasteiger partial charge in [-0.15, -0.1) is 0 Å². The maximum Gasteiger partial charge on any atom is 0.303 e. The van der Waals surface area contributed by atoms with Gasteiger partial charge >= 0.3 is 5.97 Å². The number of carboxylic acid groups (broad SMARTS) is 1. The van der Waals surface area contributed by atoms with Gasteiger partial charge < -0.3 is 15.2 Å². The van der Waals surface area contributed by atoms with Gasteiger partial charge in [-0.3, -0.25) is 9.59 Å². The van der Waals surface area contributed by atoms with E-state index in [1.54, 1.807) is 12.1 Å². The summed E-state index contributed by atoms with van der Waals surface area (Å²) in [5.41, 5.74) is 7.64. The van der Waals surface area contributed by atoms with E-state index in [0.29, 0.717) is 47.5 Å². The van der Waals surface area contributed by atoms with Gasteiger partial charge in [0, 0.05) is 22.6 Å². The number of carboxylic acids is 1. The molecule has 0 radical (unpaired) electrons. The third-order valence-corrected chi connectivity index (χ3v) is 8.40. The van der Waals surface area contributed by atoms with Crippen molar-refractivity contribution in [2.45, 2.75) is 57.6 Å². The summed E-state index contributed by atoms with van der Waals surface area (Å²) in [6.45, 7) is 0.510. The van der Waals surface area contributed by atoms with E-state index < -0.39 is 5.97 Å². The molecule has 1 atom stereocenters. The van der Waals surface area contributed by atoms with Crippen molar-refractivity contribution in [3.63, 3.8) is 0 Å². The van der Waals surface area contributed by atoms with Crippen LogP contribution in [0.4, 0.5) is 0 Å². The van der Waals surface area contributed by atoms with Crippen LogP contribution in [0.3, 0.4) is 0 Å². The van der Waals surface area contributed by atoms with Gasteiger partial charge in [0.1, 0.15) is 12.4 Å². The Morgan fingerprint density at radius 2 is 1.73 bits per heavy atom. The second-order valence-corrected chi connectivity index (χ2v) is 11.8. The Morgan fingerprint density at radius 1 is 0.911 bits per heavy atom. The minimum absolute atomic E-state index is 0.0942. The zero-order chi connectivity index (χ0) is 31.2. The second kappa shape index (κ2) is 13.9. The SMILES string of the molecule is O=C(O)CCCCc1nc2cc(C(=O)NC3CCCc4cc(OCc5ccccc5)ccc43)ccc2nc1-c1ccc(Cl)cc1. The minimum atomic E-state index is -0.814. The Bertz CT molecular complexity index is 1830. The molecule has 0 fully saturated rings. The van der Waals surface area contributed by atoms with Gasteiger partial charge in [-0.2, -0.15) is 0 Å². The lowest BCUT2D eigenvalue weighted by Gasteiger charge is -2.27. The summed E-state index contributed by atoms with van der Waals surface area (Å²) in [5, 5.41) is 12.9. The molecule has 0 saturated carbocycles. The molecule has 0 bridgehead atoms. The number of ether oxygens (including phenoxy) is 1. The highest BCUT2D eigenvalue weighted by molar-refractivity contribution is 6.30. The number of aliphatic carboxylic acids is 1. The lowest BCUT2D eigenvalue weighted by atomic mass is 9.87. The molecular formula is C37H34ClN3O4. The van der Waals surface area contributed by atoms with E-state index in [0.717, 1.165) is 53.1 Å². The standard InChI is InChI=1S/C37H34ClN3O4/c38-28-16-13-25(14-17-28)36-33(10-4-5-12-35(42)43)39-34-22-27(15-20-32(34)40-36)37(44)41-31-11-6-9-26-21-29(18-19-30(26)31)45-23-24-7-2-1-3-8-24/h1-3,7-8,13-22,31H,4-6,9-12,23H2,(H,41,44)(H,42,43). The summed E-state index contributed by atoms with van der Waals surface area (Å²) in [5.74, 6) is -0.147. The Balaban J connectivity index is 1.20. The Labute approximate surface area is 267 Å². The quantitative estimate of drug-likeness (QED) is 0.145. The lowest BCUT2D eigenvalue weighted by Crippen LogP contribution is -2.31. The van der Waals surface area contributed by atoms with E-state index in [1.165, 1.54) is 5.56 Å². The fourth-order valence-corrected chi connectivity index (χ4v) is 5.95. The number of hydrogen-bond donors (Lipinski definition) is 2. The maximum atomic E-state index is 13.5. The van der Waals surface area contributed by atoms with Crippen LogP contribution in [-0.4, -0.2) is 27.0 Å². The van der Waals surface area contributed by atoms with E-state index in [9.17, 15) is 9.59 Å². The van der Waals surface area contributed by atoms with Gasteiger partial charge in [-0.1, -0.05) is 60.1 Å². The van der Waals surface area contributed by atoms with Gasteiger partial charge in [0.25, 0.3) is 5.91 Å². The van der Waals surface area contributed by atoms with Gasteiger partial charge in [0.2, 0.25) is 0 Å². The van der Waals surface area contributed by atoms with Crippen LogP contribution < -0.4 is 10.1 Å². The molecular weight excluding hydrogens is 586 g/mol. The number of nitrogens with one attached hydrogen (secondary N) is 1. The van der Waals surface area contributed by atoms with Crippen molar-refractivity contribution in [1.29, 1.82) is 0 Å². The molecule has 0 aliphatic heterocycles. The van der Waals surface area contributed by atoms with E-state index in [2.05, 4.69) is 17.4 Å². The fraction of sp³-hybridized carbons (Fsp3) is 0.243. The highest BCUT2D eigenvalue weighted by Crippen LogP contribution is 2.33. The van der Waals surface area contributed by atoms with Crippen molar-refractivity contribution in [2.75, 3.05) is 0 Å². The first-order chi connectivity index (χ1) is 21.9. The highest BCUT2D eigenvalue weighted by atomic mass is 35.5. The van der Waals surface area contributed by atoms with Crippen LogP contribution in [0.2, 0.25) is 5.02 Å². The van der Waals surface area contributed by atoms with Crippen LogP contribution in [0.15, 0.2) is 91.0 Å². The van der Waals surface area contributed by atoms with Crippen LogP contribution in [0, 0.1) is 0 Å². The minimum Gasteiger partial charge on any atom is -0.489 e. The van der Waals surface area contributed by atoms with Gasteiger partial charge in [-0.05, 0) is 97.7 Å². The molecule has 1 aliphatic rings. The lowest BCUT2D eigenvalue weighted by molar-refractivity contribution is -0.137. The largest absolute Gasteiger partial charge is 0.489 e. The van der Waals surface area contributed by atoms with Gasteiger partial charge in [0.05, 0.1) is 28.5 Å². The Hall–Kier alpha value is -4.75. The second-order valence-electron chi connectivity index (χ2n) is 11.4. The number of rotatable bonds is 11. The first kappa shape index (κ1) is 30.3. The number of hydrogen-bond acceptors (Lipinski definition) is 5. The van der Waals surface area contributed by atoms with E-state index in [-0.39, 0.29) is 18.4 Å². The molecule has 228 valence electrons. The normalized spacial score (nSPS) is 14.1. The number of fused-ring (bicyclic) bond motifs is 2. The van der Waals surface area contributed by atoms with E-state index in [1.807, 2.05) is 66.7 Å². The number of nitrogens with zero attached hydrogens (tertiary/aromatic N) is 2. The molecule has 45 heavy (non-hydrogen) atoms.